The first-order valence-electron chi connectivity index (χ1n) is 9.12. The highest BCUT2D eigenvalue weighted by molar-refractivity contribution is 5.71. The van der Waals surface area contributed by atoms with Gasteiger partial charge in [0, 0.05) is 31.2 Å². The van der Waals surface area contributed by atoms with E-state index in [1.807, 2.05) is 12.3 Å². The van der Waals surface area contributed by atoms with Gasteiger partial charge in [0.1, 0.15) is 11.3 Å². The van der Waals surface area contributed by atoms with Crippen LogP contribution in [0.15, 0.2) is 18.3 Å². The number of aromatic nitrogens is 3. The van der Waals surface area contributed by atoms with E-state index < -0.39 is 0 Å². The first kappa shape index (κ1) is 16.4. The molecule has 2 aromatic heterocycles. The molecule has 4 heteroatoms. The van der Waals surface area contributed by atoms with Crippen LogP contribution in [0.5, 0.6) is 0 Å². The van der Waals surface area contributed by atoms with Crippen molar-refractivity contribution in [3.05, 3.63) is 24.2 Å². The third-order valence-corrected chi connectivity index (χ3v) is 4.90. The minimum Gasteiger partial charge on any atom is -0.311 e. The lowest BCUT2D eigenvalue weighted by Gasteiger charge is -2.39. The fourth-order valence-corrected chi connectivity index (χ4v) is 3.83. The number of fused-ring (bicyclic) bond motifs is 1. The van der Waals surface area contributed by atoms with E-state index in [-0.39, 0.29) is 0 Å². The zero-order chi connectivity index (χ0) is 16.4. The van der Waals surface area contributed by atoms with Crippen LogP contribution in [0.4, 0.5) is 0 Å². The van der Waals surface area contributed by atoms with Gasteiger partial charge in [-0.25, -0.2) is 9.97 Å². The summed E-state index contributed by atoms with van der Waals surface area (Å²) in [6.45, 7) is 11.4. The van der Waals surface area contributed by atoms with Gasteiger partial charge in [-0.15, -0.1) is 0 Å². The number of imidazole rings is 1. The molecule has 0 aromatic carbocycles. The Balaban J connectivity index is 1.93. The van der Waals surface area contributed by atoms with Crippen LogP contribution in [0.1, 0.15) is 52.8 Å². The van der Waals surface area contributed by atoms with Crippen LogP contribution in [0.25, 0.3) is 11.2 Å². The van der Waals surface area contributed by atoms with Crippen molar-refractivity contribution in [2.45, 2.75) is 72.0 Å². The molecule has 0 radical (unpaired) electrons. The highest BCUT2D eigenvalue weighted by Gasteiger charge is 2.26. The summed E-state index contributed by atoms with van der Waals surface area (Å²) in [7, 11) is 0. The van der Waals surface area contributed by atoms with Crippen molar-refractivity contribution < 1.29 is 0 Å². The van der Waals surface area contributed by atoms with Crippen LogP contribution in [-0.4, -0.2) is 38.1 Å². The third-order valence-electron chi connectivity index (χ3n) is 4.90. The molecule has 3 rings (SSSR count). The van der Waals surface area contributed by atoms with Gasteiger partial charge in [0.25, 0.3) is 0 Å². The molecule has 0 saturated carbocycles. The Kier molecular flexibility index (Phi) is 5.00. The van der Waals surface area contributed by atoms with Crippen LogP contribution >= 0.6 is 0 Å². The normalized spacial score (nSPS) is 20.0. The average molecular weight is 314 g/mol. The maximum Gasteiger partial charge on any atom is 0.160 e. The van der Waals surface area contributed by atoms with Crippen molar-refractivity contribution in [3.8, 4) is 0 Å². The van der Waals surface area contributed by atoms with Gasteiger partial charge in [-0.3, -0.25) is 4.90 Å². The molecular weight excluding hydrogens is 284 g/mol. The predicted molar refractivity (Wildman–Crippen MR) is 95.6 cm³/mol. The molecule has 23 heavy (non-hydrogen) atoms. The van der Waals surface area contributed by atoms with Gasteiger partial charge in [-0.05, 0) is 51.3 Å². The van der Waals surface area contributed by atoms with Crippen LogP contribution < -0.4 is 0 Å². The van der Waals surface area contributed by atoms with E-state index in [9.17, 15) is 0 Å². The molecule has 0 spiro atoms. The largest absolute Gasteiger partial charge is 0.311 e. The Hall–Kier alpha value is -1.42. The molecule has 1 aliphatic heterocycles. The summed E-state index contributed by atoms with van der Waals surface area (Å²) in [6, 6.07) is 5.29. The molecule has 4 nitrogen and oxygen atoms in total. The van der Waals surface area contributed by atoms with Crippen LogP contribution in [-0.2, 0) is 13.0 Å². The van der Waals surface area contributed by atoms with E-state index in [4.69, 9.17) is 4.98 Å². The van der Waals surface area contributed by atoms with Crippen molar-refractivity contribution in [2.24, 2.45) is 5.92 Å². The molecule has 0 amide bonds. The van der Waals surface area contributed by atoms with Gasteiger partial charge in [0.05, 0.1) is 0 Å². The third kappa shape index (κ3) is 3.57. The van der Waals surface area contributed by atoms with Crippen molar-refractivity contribution in [1.82, 2.24) is 19.4 Å². The fraction of sp³-hybridized carbons (Fsp3) is 0.684. The Morgan fingerprint density at radius 1 is 1.22 bits per heavy atom. The van der Waals surface area contributed by atoms with Gasteiger partial charge in [0.15, 0.2) is 5.65 Å². The molecule has 0 N–H and O–H groups in total. The highest BCUT2D eigenvalue weighted by atomic mass is 15.2. The van der Waals surface area contributed by atoms with E-state index >= 15 is 0 Å². The number of hydrogen-bond acceptors (Lipinski definition) is 3. The summed E-state index contributed by atoms with van der Waals surface area (Å²) in [4.78, 5) is 12.2. The SMILES string of the molecule is CC(C)Cc1nc2cccnc2n1CC1CCCCN1C(C)C. The predicted octanol–water partition coefficient (Wildman–Crippen LogP) is 3.89. The molecule has 2 aromatic rings. The Morgan fingerprint density at radius 2 is 2.04 bits per heavy atom. The zero-order valence-electron chi connectivity index (χ0n) is 15.0. The number of rotatable bonds is 5. The fourth-order valence-electron chi connectivity index (χ4n) is 3.83. The monoisotopic (exact) mass is 314 g/mol. The standard InChI is InChI=1S/C19H30N4/c1-14(2)12-18-21-17-9-7-10-20-19(17)23(18)13-16-8-5-6-11-22(16)15(3)4/h7,9-10,14-16H,5-6,8,11-13H2,1-4H3. The minimum atomic E-state index is 0.606. The molecule has 0 aliphatic carbocycles. The first-order chi connectivity index (χ1) is 11.1. The highest BCUT2D eigenvalue weighted by Crippen LogP contribution is 2.24. The number of pyridine rings is 1. The Morgan fingerprint density at radius 3 is 2.78 bits per heavy atom. The number of likely N-dealkylation sites (tertiary alicyclic amines) is 1. The van der Waals surface area contributed by atoms with Crippen molar-refractivity contribution in [2.75, 3.05) is 6.54 Å². The van der Waals surface area contributed by atoms with Crippen molar-refractivity contribution >= 4 is 11.2 Å². The van der Waals surface area contributed by atoms with Crippen LogP contribution in [0, 0.1) is 5.92 Å². The van der Waals surface area contributed by atoms with E-state index in [1.165, 1.54) is 31.6 Å². The number of hydrogen-bond donors (Lipinski definition) is 0. The molecule has 1 aliphatic rings. The van der Waals surface area contributed by atoms with Gasteiger partial charge < -0.3 is 4.57 Å². The molecule has 0 bridgehead atoms. The number of piperidine rings is 1. The average Bonchev–Trinajstić information content (AvgIpc) is 2.85. The second kappa shape index (κ2) is 7.00. The molecule has 1 fully saturated rings. The van der Waals surface area contributed by atoms with Gasteiger partial charge in [0.2, 0.25) is 0 Å². The molecule has 1 saturated heterocycles. The lowest BCUT2D eigenvalue weighted by atomic mass is 10.00. The maximum atomic E-state index is 4.87. The van der Waals surface area contributed by atoms with Crippen molar-refractivity contribution in [3.63, 3.8) is 0 Å². The summed E-state index contributed by atoms with van der Waals surface area (Å²) < 4.78 is 2.39. The molecule has 126 valence electrons. The molecular formula is C19H30N4. The summed E-state index contributed by atoms with van der Waals surface area (Å²) >= 11 is 0. The summed E-state index contributed by atoms with van der Waals surface area (Å²) in [5.74, 6) is 1.81. The second-order valence-electron chi connectivity index (χ2n) is 7.56. The lowest BCUT2D eigenvalue weighted by molar-refractivity contribution is 0.0991. The molecule has 3 heterocycles. The smallest absolute Gasteiger partial charge is 0.160 e. The van der Waals surface area contributed by atoms with E-state index in [2.05, 4.69) is 48.2 Å². The van der Waals surface area contributed by atoms with Gasteiger partial charge in [-0.1, -0.05) is 20.3 Å². The Labute approximate surface area is 139 Å². The van der Waals surface area contributed by atoms with E-state index in [0.717, 1.165) is 24.1 Å². The maximum absolute atomic E-state index is 4.87. The minimum absolute atomic E-state index is 0.606. The van der Waals surface area contributed by atoms with Gasteiger partial charge in [-0.2, -0.15) is 0 Å². The van der Waals surface area contributed by atoms with E-state index in [1.54, 1.807) is 0 Å². The van der Waals surface area contributed by atoms with Crippen LogP contribution in [0.2, 0.25) is 0 Å². The summed E-state index contributed by atoms with van der Waals surface area (Å²) in [5, 5.41) is 0. The number of nitrogens with zero attached hydrogens (tertiary/aromatic N) is 4. The second-order valence-corrected chi connectivity index (χ2v) is 7.56. The Bertz CT molecular complexity index is 644. The summed E-state index contributed by atoms with van der Waals surface area (Å²) in [5.41, 5.74) is 2.09. The quantitative estimate of drug-likeness (QED) is 0.839. The first-order valence-corrected chi connectivity index (χ1v) is 9.12. The van der Waals surface area contributed by atoms with Crippen LogP contribution in [0.3, 0.4) is 0 Å². The van der Waals surface area contributed by atoms with Gasteiger partial charge >= 0.3 is 0 Å². The molecule has 1 unspecified atom stereocenters. The van der Waals surface area contributed by atoms with E-state index in [0.29, 0.717) is 18.0 Å². The van der Waals surface area contributed by atoms with Crippen molar-refractivity contribution in [1.29, 1.82) is 0 Å². The lowest BCUT2D eigenvalue weighted by Crippen LogP contribution is -2.46. The molecule has 1 atom stereocenters. The topological polar surface area (TPSA) is 34.0 Å². The zero-order valence-corrected chi connectivity index (χ0v) is 15.0. The summed E-state index contributed by atoms with van der Waals surface area (Å²) in [6.07, 6.45) is 6.86.